The number of carboxylic acid groups (broad SMARTS) is 1. The molecule has 0 aromatic carbocycles. The standard InChI is InChI=1S/C66H126NO19P/c1-7-11-15-19-22-23-24-25-26-27-28-29-30-34-38-42-57(68)67-59-62(80-47-43-54(77-6)41-37-33-18-14-10-4)61(86-87(73,74)75)56(51-76-5)84-64(59)82-52-55-60(71)63(81-50-49-79-46-40-36-32-21-17-13-9-3)66(72,65(85-55)83-53-58(69)70)44-48-78-45-39-35-31-20-16-12-8-2/h23-24,54-56,59-65,71-72H,7-22,25-53H2,1-6H3,(H,67,68)(H,69,70)(H2,73,74,75)/b24-23-/t54-,55-,56-,59-,60-,61-,62-,63+,64-,65+,66-/m1/s1. The van der Waals surface area contributed by atoms with Crippen LogP contribution in [0.15, 0.2) is 12.2 Å². The number of aliphatic hydroxyl groups is 2. The molecule has 87 heavy (non-hydrogen) atoms. The Morgan fingerprint density at radius 2 is 1.10 bits per heavy atom. The normalized spacial score (nSPS) is 23.9. The first-order chi connectivity index (χ1) is 42.2. The second-order valence-corrected chi connectivity index (χ2v) is 25.4. The monoisotopic (exact) mass is 1270 g/mol. The average Bonchev–Trinajstić information content (AvgIpc) is 0.922. The second kappa shape index (κ2) is 52.8. The number of allylic oxidation sites excluding steroid dienone is 2. The summed E-state index contributed by atoms with van der Waals surface area (Å²) in [6, 6.07) is -1.26. The minimum atomic E-state index is -5.23. The number of hydrogen-bond donors (Lipinski definition) is 6. The molecule has 21 heteroatoms. The van der Waals surface area contributed by atoms with E-state index >= 15 is 0 Å². The van der Waals surface area contributed by atoms with Crippen LogP contribution >= 0.6 is 7.82 Å². The number of methoxy groups -OCH3 is 2. The first kappa shape index (κ1) is 81.4. The Labute approximate surface area is 525 Å². The van der Waals surface area contributed by atoms with Gasteiger partial charge in [0.2, 0.25) is 5.91 Å². The summed E-state index contributed by atoms with van der Waals surface area (Å²) in [5.74, 6) is -1.71. The summed E-state index contributed by atoms with van der Waals surface area (Å²) in [4.78, 5) is 46.9. The predicted molar refractivity (Wildman–Crippen MR) is 339 cm³/mol. The third-order valence-corrected chi connectivity index (χ3v) is 17.1. The van der Waals surface area contributed by atoms with Gasteiger partial charge in [-0.2, -0.15) is 0 Å². The Morgan fingerprint density at radius 3 is 1.66 bits per heavy atom. The van der Waals surface area contributed by atoms with E-state index in [4.69, 9.17) is 51.9 Å². The highest BCUT2D eigenvalue weighted by Crippen LogP contribution is 2.43. The van der Waals surface area contributed by atoms with E-state index in [2.05, 4.69) is 45.2 Å². The van der Waals surface area contributed by atoms with Crippen molar-refractivity contribution in [3.05, 3.63) is 12.2 Å². The molecule has 514 valence electrons. The molecule has 20 nitrogen and oxygen atoms in total. The molecule has 2 heterocycles. The summed E-state index contributed by atoms with van der Waals surface area (Å²) in [6.45, 7) is 8.27. The molecule has 2 saturated heterocycles. The maximum Gasteiger partial charge on any atom is 0.470 e. The van der Waals surface area contributed by atoms with Crippen LogP contribution in [-0.4, -0.2) is 178 Å². The Morgan fingerprint density at radius 1 is 0.575 bits per heavy atom. The molecule has 0 radical (unpaired) electrons. The maximum absolute atomic E-state index is 14.1. The van der Waals surface area contributed by atoms with Crippen molar-refractivity contribution in [3.63, 3.8) is 0 Å². The minimum Gasteiger partial charge on any atom is -0.480 e. The van der Waals surface area contributed by atoms with Crippen LogP contribution in [0, 0.1) is 0 Å². The largest absolute Gasteiger partial charge is 0.480 e. The third-order valence-electron chi connectivity index (χ3n) is 16.6. The summed E-state index contributed by atoms with van der Waals surface area (Å²) in [7, 11) is -2.21. The molecule has 0 aromatic heterocycles. The van der Waals surface area contributed by atoms with E-state index in [1.165, 1.54) is 77.7 Å². The molecule has 0 aliphatic carbocycles. The lowest BCUT2D eigenvalue weighted by atomic mass is 9.83. The number of carboxylic acids is 1. The summed E-state index contributed by atoms with van der Waals surface area (Å²) >= 11 is 0. The fourth-order valence-electron chi connectivity index (χ4n) is 11.4. The number of phosphoric ester groups is 1. The SMILES string of the molecule is CCCCCC/C=C\CCCCCCCCCC(=O)N[C@H]1[C@H](OC[C@H]2O[C@H](OCC(=O)O)[C@@](O)(CCOCCCCCCCCC)[C@@H](OCCOCCCCCCCCC)[C@@H]2O)O[C@H](COC)[C@@H](OP(=O)(O)O)[C@@H]1OCC[C@@H](CCCCCCC)OC. The first-order valence-corrected chi connectivity index (χ1v) is 36.0. The van der Waals surface area contributed by atoms with Crippen LogP contribution in [0.5, 0.6) is 0 Å². The van der Waals surface area contributed by atoms with Crippen molar-refractivity contribution in [2.75, 3.05) is 73.7 Å². The van der Waals surface area contributed by atoms with Gasteiger partial charge in [0.1, 0.15) is 54.9 Å². The van der Waals surface area contributed by atoms with Gasteiger partial charge in [-0.15, -0.1) is 0 Å². The molecule has 2 aliphatic rings. The fourth-order valence-corrected chi connectivity index (χ4v) is 12.0. The number of amides is 1. The molecule has 2 rings (SSSR count). The molecule has 2 fully saturated rings. The molecule has 0 aromatic rings. The average molecular weight is 1270 g/mol. The minimum absolute atomic E-state index is 0.0179. The molecule has 1 amide bonds. The van der Waals surface area contributed by atoms with E-state index in [9.17, 15) is 39.3 Å². The molecule has 6 N–H and O–H groups in total. The third kappa shape index (κ3) is 38.2. The van der Waals surface area contributed by atoms with Gasteiger partial charge in [0.15, 0.2) is 12.6 Å². The summed E-state index contributed by atoms with van der Waals surface area (Å²) < 4.78 is 79.6. The number of aliphatic carboxylic acids is 1. The lowest BCUT2D eigenvalue weighted by Crippen LogP contribution is -2.69. The van der Waals surface area contributed by atoms with Crippen LogP contribution in [0.25, 0.3) is 0 Å². The number of hydrogen-bond acceptors (Lipinski definition) is 16. The molecular weight excluding hydrogens is 1140 g/mol. The van der Waals surface area contributed by atoms with Gasteiger partial charge < -0.3 is 77.8 Å². The van der Waals surface area contributed by atoms with Crippen molar-refractivity contribution >= 4 is 19.7 Å². The number of rotatable bonds is 60. The molecule has 2 aliphatic heterocycles. The van der Waals surface area contributed by atoms with Gasteiger partial charge in [-0.1, -0.05) is 200 Å². The van der Waals surface area contributed by atoms with Crippen LogP contribution in [-0.2, 0) is 66.0 Å². The van der Waals surface area contributed by atoms with Gasteiger partial charge in [-0.25, -0.2) is 9.36 Å². The first-order valence-electron chi connectivity index (χ1n) is 34.4. The fraction of sp³-hybridized carbons (Fsp3) is 0.939. The number of unbranched alkanes of at least 4 members (excludes halogenated alkanes) is 27. The number of nitrogens with one attached hydrogen (secondary N) is 1. The van der Waals surface area contributed by atoms with E-state index in [0.717, 1.165) is 135 Å². The quantitative estimate of drug-likeness (QED) is 0.0188. The van der Waals surface area contributed by atoms with Crippen LogP contribution in [0.4, 0.5) is 0 Å². The van der Waals surface area contributed by atoms with Crippen molar-refractivity contribution in [1.29, 1.82) is 0 Å². The van der Waals surface area contributed by atoms with E-state index in [-0.39, 0.29) is 57.9 Å². The van der Waals surface area contributed by atoms with Crippen molar-refractivity contribution in [3.8, 4) is 0 Å². The Bertz CT molecular complexity index is 1710. The van der Waals surface area contributed by atoms with Crippen molar-refractivity contribution < 1.29 is 91.2 Å². The van der Waals surface area contributed by atoms with Crippen molar-refractivity contribution in [1.82, 2.24) is 5.32 Å². The van der Waals surface area contributed by atoms with E-state index in [1.54, 1.807) is 7.11 Å². The van der Waals surface area contributed by atoms with E-state index in [1.807, 2.05) is 0 Å². The number of aliphatic hydroxyl groups excluding tert-OH is 1. The van der Waals surface area contributed by atoms with Crippen LogP contribution < -0.4 is 5.32 Å². The smallest absolute Gasteiger partial charge is 0.470 e. The molecule has 11 atom stereocenters. The Hall–Kier alpha value is -1.69. The zero-order valence-corrected chi connectivity index (χ0v) is 56.0. The Balaban J connectivity index is 2.44. The lowest BCUT2D eigenvalue weighted by Gasteiger charge is -2.50. The van der Waals surface area contributed by atoms with E-state index in [0.29, 0.717) is 26.1 Å². The van der Waals surface area contributed by atoms with Gasteiger partial charge in [-0.05, 0) is 57.8 Å². The summed E-state index contributed by atoms with van der Waals surface area (Å²) in [5.41, 5.74) is -2.13. The molecule has 0 bridgehead atoms. The van der Waals surface area contributed by atoms with Crippen LogP contribution in [0.2, 0.25) is 0 Å². The van der Waals surface area contributed by atoms with E-state index < -0.39 is 87.9 Å². The van der Waals surface area contributed by atoms with Crippen molar-refractivity contribution in [2.24, 2.45) is 0 Å². The molecular formula is C66H126NO19P. The van der Waals surface area contributed by atoms with Gasteiger partial charge >= 0.3 is 13.8 Å². The number of carbonyl (C=O) groups is 2. The highest BCUT2D eigenvalue weighted by atomic mass is 31.2. The van der Waals surface area contributed by atoms with Gasteiger partial charge in [0.25, 0.3) is 0 Å². The molecule has 0 unspecified atom stereocenters. The highest BCUT2D eigenvalue weighted by Gasteiger charge is 2.58. The predicted octanol–water partition coefficient (Wildman–Crippen LogP) is 12.8. The summed E-state index contributed by atoms with van der Waals surface area (Å²) in [5, 5.41) is 37.8. The Kier molecular flexibility index (Phi) is 49.4. The molecule has 0 spiro atoms. The zero-order chi connectivity index (χ0) is 63.6. The van der Waals surface area contributed by atoms with Gasteiger partial charge in [0.05, 0.1) is 32.5 Å². The van der Waals surface area contributed by atoms with Crippen LogP contribution in [0.1, 0.15) is 259 Å². The highest BCUT2D eigenvalue weighted by molar-refractivity contribution is 7.46. The number of phosphoric acid groups is 1. The lowest BCUT2D eigenvalue weighted by molar-refractivity contribution is -0.358. The summed E-state index contributed by atoms with van der Waals surface area (Å²) in [6.07, 6.45) is 29.0. The zero-order valence-electron chi connectivity index (χ0n) is 55.1. The van der Waals surface area contributed by atoms with Crippen molar-refractivity contribution in [2.45, 2.75) is 326 Å². The second-order valence-electron chi connectivity index (χ2n) is 24.2. The van der Waals surface area contributed by atoms with Crippen LogP contribution in [0.3, 0.4) is 0 Å². The number of carbonyl (C=O) groups excluding carboxylic acids is 1. The maximum atomic E-state index is 14.1. The van der Waals surface area contributed by atoms with Gasteiger partial charge in [-0.3, -0.25) is 9.32 Å². The number of ether oxygens (including phenoxy) is 10. The molecule has 0 saturated carbocycles. The topological polar surface area (TPSA) is 266 Å². The van der Waals surface area contributed by atoms with Gasteiger partial charge in [0, 0.05) is 53.5 Å².